The van der Waals surface area contributed by atoms with Crippen molar-refractivity contribution in [1.29, 1.82) is 0 Å². The van der Waals surface area contributed by atoms with Crippen LogP contribution in [0.1, 0.15) is 24.2 Å². The Labute approximate surface area is 106 Å². The van der Waals surface area contributed by atoms with E-state index in [1.54, 1.807) is 38.3 Å². The van der Waals surface area contributed by atoms with Crippen molar-refractivity contribution in [2.24, 2.45) is 0 Å². The van der Waals surface area contributed by atoms with E-state index in [1.165, 1.54) is 0 Å². The van der Waals surface area contributed by atoms with E-state index in [1.807, 2.05) is 0 Å². The number of carbonyl (C=O) groups is 1. The van der Waals surface area contributed by atoms with Crippen LogP contribution < -0.4 is 0 Å². The molecule has 0 radical (unpaired) electrons. The molecule has 0 heterocycles. The average molecular weight is 254 g/mol. The van der Waals surface area contributed by atoms with Crippen LogP contribution in [-0.2, 0) is 20.9 Å². The van der Waals surface area contributed by atoms with E-state index < -0.39 is 18.2 Å². The predicted molar refractivity (Wildman–Crippen MR) is 64.8 cm³/mol. The monoisotopic (exact) mass is 254 g/mol. The summed E-state index contributed by atoms with van der Waals surface area (Å²) in [4.78, 5) is 11.3. The molecule has 0 aromatic heterocycles. The number of benzene rings is 1. The van der Waals surface area contributed by atoms with Gasteiger partial charge in [-0.15, -0.1) is 0 Å². The number of hydrogen-bond acceptors (Lipinski definition) is 5. The van der Waals surface area contributed by atoms with E-state index in [-0.39, 0.29) is 6.61 Å². The molecule has 0 fully saturated rings. The lowest BCUT2D eigenvalue weighted by molar-refractivity contribution is -0.159. The third-order valence-electron chi connectivity index (χ3n) is 2.46. The molecule has 5 nitrogen and oxygen atoms in total. The minimum absolute atomic E-state index is 0.162. The summed E-state index contributed by atoms with van der Waals surface area (Å²) in [6, 6.07) is 6.81. The Morgan fingerprint density at radius 3 is 2.39 bits per heavy atom. The van der Waals surface area contributed by atoms with E-state index in [9.17, 15) is 15.0 Å². The van der Waals surface area contributed by atoms with Gasteiger partial charge in [0.1, 0.15) is 6.10 Å². The third kappa shape index (κ3) is 3.80. The molecule has 18 heavy (non-hydrogen) atoms. The first-order valence-electron chi connectivity index (χ1n) is 5.70. The Morgan fingerprint density at radius 1 is 1.28 bits per heavy atom. The second-order valence-corrected chi connectivity index (χ2v) is 3.82. The van der Waals surface area contributed by atoms with E-state index in [0.717, 1.165) is 5.56 Å². The molecule has 0 bridgehead atoms. The van der Waals surface area contributed by atoms with Crippen LogP contribution in [0.3, 0.4) is 0 Å². The van der Waals surface area contributed by atoms with Crippen molar-refractivity contribution in [1.82, 2.24) is 0 Å². The second kappa shape index (κ2) is 7.10. The maximum absolute atomic E-state index is 11.3. The van der Waals surface area contributed by atoms with Gasteiger partial charge < -0.3 is 19.7 Å². The highest BCUT2D eigenvalue weighted by molar-refractivity contribution is 5.75. The summed E-state index contributed by atoms with van der Waals surface area (Å²) < 4.78 is 9.60. The van der Waals surface area contributed by atoms with Crippen LogP contribution >= 0.6 is 0 Å². The summed E-state index contributed by atoms with van der Waals surface area (Å²) >= 11 is 0. The van der Waals surface area contributed by atoms with E-state index in [0.29, 0.717) is 12.2 Å². The Balaban J connectivity index is 2.71. The summed E-state index contributed by atoms with van der Waals surface area (Å²) in [6.45, 7) is 2.27. The van der Waals surface area contributed by atoms with Gasteiger partial charge in [-0.25, -0.2) is 4.79 Å². The van der Waals surface area contributed by atoms with Crippen LogP contribution in [-0.4, -0.2) is 36.0 Å². The fourth-order valence-electron chi connectivity index (χ4n) is 1.52. The van der Waals surface area contributed by atoms with Crippen molar-refractivity contribution in [3.63, 3.8) is 0 Å². The van der Waals surface area contributed by atoms with Gasteiger partial charge in [-0.05, 0) is 18.1 Å². The molecule has 0 saturated heterocycles. The smallest absolute Gasteiger partial charge is 0.338 e. The molecule has 2 atom stereocenters. The first-order chi connectivity index (χ1) is 8.60. The molecule has 5 heteroatoms. The van der Waals surface area contributed by atoms with Crippen molar-refractivity contribution in [3.05, 3.63) is 35.4 Å². The second-order valence-electron chi connectivity index (χ2n) is 3.82. The lowest BCUT2D eigenvalue weighted by Gasteiger charge is -2.16. The zero-order valence-corrected chi connectivity index (χ0v) is 10.5. The molecule has 0 spiro atoms. The van der Waals surface area contributed by atoms with Crippen molar-refractivity contribution in [2.75, 3.05) is 13.7 Å². The number of carbonyl (C=O) groups excluding carboxylic acids is 1. The molecular formula is C13H18O5. The zero-order chi connectivity index (χ0) is 13.5. The average Bonchev–Trinajstić information content (AvgIpc) is 2.38. The largest absolute Gasteiger partial charge is 0.464 e. The summed E-state index contributed by atoms with van der Waals surface area (Å²) in [6.07, 6.45) is -2.86. The van der Waals surface area contributed by atoms with Crippen molar-refractivity contribution < 1.29 is 24.5 Å². The lowest BCUT2D eigenvalue weighted by Crippen LogP contribution is -2.29. The molecule has 0 amide bonds. The predicted octanol–water partition coefficient (Wildman–Crippen LogP) is 0.790. The number of aliphatic hydroxyl groups excluding tert-OH is 2. The number of rotatable bonds is 6. The molecule has 2 N–H and O–H groups in total. The van der Waals surface area contributed by atoms with Crippen molar-refractivity contribution in [3.8, 4) is 0 Å². The number of hydrogen-bond donors (Lipinski definition) is 2. The minimum Gasteiger partial charge on any atom is -0.464 e. The maximum atomic E-state index is 11.3. The molecule has 2 unspecified atom stereocenters. The van der Waals surface area contributed by atoms with E-state index in [4.69, 9.17) is 4.74 Å². The number of methoxy groups -OCH3 is 1. The highest BCUT2D eigenvalue weighted by Crippen LogP contribution is 2.18. The Kier molecular flexibility index (Phi) is 5.77. The topological polar surface area (TPSA) is 76.0 Å². The number of aliphatic hydroxyl groups is 2. The summed E-state index contributed by atoms with van der Waals surface area (Å²) in [5.41, 5.74) is 1.40. The molecule has 1 aromatic carbocycles. The molecule has 1 aromatic rings. The van der Waals surface area contributed by atoms with Gasteiger partial charge in [0.05, 0.1) is 13.2 Å². The maximum Gasteiger partial charge on any atom is 0.338 e. The fraction of sp³-hybridized carbons (Fsp3) is 0.462. The fourth-order valence-corrected chi connectivity index (χ4v) is 1.52. The molecule has 1 rings (SSSR count). The third-order valence-corrected chi connectivity index (χ3v) is 2.46. The summed E-state index contributed by atoms with van der Waals surface area (Å²) in [7, 11) is 1.59. The molecule has 100 valence electrons. The van der Waals surface area contributed by atoms with E-state index in [2.05, 4.69) is 4.74 Å². The van der Waals surface area contributed by atoms with Crippen LogP contribution in [0, 0.1) is 0 Å². The van der Waals surface area contributed by atoms with Gasteiger partial charge in [-0.1, -0.05) is 24.3 Å². The van der Waals surface area contributed by atoms with Crippen LogP contribution in [0.4, 0.5) is 0 Å². The SMILES string of the molecule is CCOC(=O)C(O)C(O)c1ccc(COC)cc1. The number of esters is 1. The van der Waals surface area contributed by atoms with Gasteiger partial charge in [0.15, 0.2) is 6.10 Å². The van der Waals surface area contributed by atoms with Gasteiger partial charge >= 0.3 is 5.97 Å². The van der Waals surface area contributed by atoms with Crippen LogP contribution in [0.15, 0.2) is 24.3 Å². The molecule has 0 aliphatic heterocycles. The van der Waals surface area contributed by atoms with Crippen molar-refractivity contribution >= 4 is 5.97 Å². The van der Waals surface area contributed by atoms with Gasteiger partial charge in [-0.3, -0.25) is 0 Å². The first kappa shape index (κ1) is 14.6. The highest BCUT2D eigenvalue weighted by Gasteiger charge is 2.26. The molecular weight excluding hydrogens is 236 g/mol. The van der Waals surface area contributed by atoms with Gasteiger partial charge in [-0.2, -0.15) is 0 Å². The quantitative estimate of drug-likeness (QED) is 0.734. The zero-order valence-electron chi connectivity index (χ0n) is 10.5. The molecule has 0 saturated carbocycles. The standard InChI is InChI=1S/C13H18O5/c1-3-18-13(16)12(15)11(14)10-6-4-9(5-7-10)8-17-2/h4-7,11-12,14-15H,3,8H2,1-2H3. The van der Waals surface area contributed by atoms with E-state index >= 15 is 0 Å². The lowest BCUT2D eigenvalue weighted by atomic mass is 10.0. The van der Waals surface area contributed by atoms with Crippen LogP contribution in [0.25, 0.3) is 0 Å². The van der Waals surface area contributed by atoms with Crippen LogP contribution in [0.5, 0.6) is 0 Å². The normalized spacial score (nSPS) is 14.0. The Hall–Kier alpha value is -1.43. The number of ether oxygens (including phenoxy) is 2. The highest BCUT2D eigenvalue weighted by atomic mass is 16.5. The Morgan fingerprint density at radius 2 is 1.89 bits per heavy atom. The molecule has 0 aliphatic carbocycles. The Bertz CT molecular complexity index is 373. The first-order valence-corrected chi connectivity index (χ1v) is 5.70. The minimum atomic E-state index is -1.57. The van der Waals surface area contributed by atoms with Gasteiger partial charge in [0, 0.05) is 7.11 Å². The van der Waals surface area contributed by atoms with Crippen LogP contribution in [0.2, 0.25) is 0 Å². The summed E-state index contributed by atoms with van der Waals surface area (Å²) in [5, 5.41) is 19.4. The summed E-state index contributed by atoms with van der Waals surface area (Å²) in [5.74, 6) is -0.828. The molecule has 0 aliphatic rings. The van der Waals surface area contributed by atoms with Gasteiger partial charge in [0.2, 0.25) is 0 Å². The van der Waals surface area contributed by atoms with Gasteiger partial charge in [0.25, 0.3) is 0 Å². The van der Waals surface area contributed by atoms with Crippen molar-refractivity contribution in [2.45, 2.75) is 25.7 Å².